The van der Waals surface area contributed by atoms with Gasteiger partial charge in [0.25, 0.3) is 5.69 Å². The molecular weight excluding hydrogens is 322 g/mol. The normalized spacial score (nSPS) is 10.7. The Hall–Kier alpha value is -3.29. The second-order valence-corrected chi connectivity index (χ2v) is 5.62. The lowest BCUT2D eigenvalue weighted by Gasteiger charge is -2.11. The van der Waals surface area contributed by atoms with E-state index in [0.717, 1.165) is 28.1 Å². The quantitative estimate of drug-likeness (QED) is 0.524. The number of pyridine rings is 1. The number of benzene rings is 1. The molecule has 8 nitrogen and oxygen atoms in total. The van der Waals surface area contributed by atoms with E-state index in [1.165, 1.54) is 12.1 Å². The summed E-state index contributed by atoms with van der Waals surface area (Å²) in [6.07, 6.45) is 3.39. The zero-order chi connectivity index (χ0) is 18.0. The minimum absolute atomic E-state index is 0.0368. The topological polar surface area (TPSA) is 96.0 Å². The van der Waals surface area contributed by atoms with Gasteiger partial charge in [0.2, 0.25) is 0 Å². The molecule has 2 aromatic heterocycles. The Balaban J connectivity index is 1.84. The van der Waals surface area contributed by atoms with Gasteiger partial charge in [0.1, 0.15) is 12.1 Å². The van der Waals surface area contributed by atoms with Crippen molar-refractivity contribution >= 4 is 5.69 Å². The molecule has 0 saturated heterocycles. The van der Waals surface area contributed by atoms with Crippen LogP contribution in [0.1, 0.15) is 16.8 Å². The first kappa shape index (κ1) is 16.6. The van der Waals surface area contributed by atoms with Crippen LogP contribution in [0.5, 0.6) is 5.75 Å². The van der Waals surface area contributed by atoms with Crippen molar-refractivity contribution in [1.82, 2.24) is 19.7 Å². The summed E-state index contributed by atoms with van der Waals surface area (Å²) in [6.45, 7) is 4.37. The van der Waals surface area contributed by atoms with E-state index in [9.17, 15) is 10.1 Å². The van der Waals surface area contributed by atoms with E-state index in [2.05, 4.69) is 15.1 Å². The fourth-order valence-corrected chi connectivity index (χ4v) is 2.62. The van der Waals surface area contributed by atoms with Gasteiger partial charge in [-0.3, -0.25) is 15.1 Å². The molecule has 0 N–H and O–H groups in total. The number of hydrogen-bond acceptors (Lipinski definition) is 6. The molecule has 3 aromatic rings. The van der Waals surface area contributed by atoms with Crippen molar-refractivity contribution in [3.8, 4) is 17.1 Å². The molecular formula is C17H17N5O3. The van der Waals surface area contributed by atoms with Crippen LogP contribution < -0.4 is 4.74 Å². The molecule has 0 aliphatic carbocycles. The molecule has 25 heavy (non-hydrogen) atoms. The SMILES string of the molecule is COc1c(C)cnc(Cn2cnc(-c3ccc([N+](=O)[O-])cc3)n2)c1C. The van der Waals surface area contributed by atoms with Crippen LogP contribution in [-0.2, 0) is 6.54 Å². The minimum Gasteiger partial charge on any atom is -0.496 e. The van der Waals surface area contributed by atoms with Crippen LogP contribution in [0, 0.1) is 24.0 Å². The van der Waals surface area contributed by atoms with Crippen LogP contribution in [0.15, 0.2) is 36.8 Å². The van der Waals surface area contributed by atoms with Crippen molar-refractivity contribution in [3.05, 3.63) is 63.7 Å². The fraction of sp³-hybridized carbons (Fsp3) is 0.235. The first-order valence-electron chi connectivity index (χ1n) is 7.63. The highest BCUT2D eigenvalue weighted by molar-refractivity contribution is 5.56. The molecule has 0 amide bonds. The van der Waals surface area contributed by atoms with Crippen molar-refractivity contribution in [2.45, 2.75) is 20.4 Å². The van der Waals surface area contributed by atoms with Crippen LogP contribution in [0.25, 0.3) is 11.4 Å². The maximum absolute atomic E-state index is 10.7. The van der Waals surface area contributed by atoms with Gasteiger partial charge in [0.15, 0.2) is 5.82 Å². The fourth-order valence-electron chi connectivity index (χ4n) is 2.62. The van der Waals surface area contributed by atoms with E-state index >= 15 is 0 Å². The molecule has 1 aromatic carbocycles. The highest BCUT2D eigenvalue weighted by Gasteiger charge is 2.12. The number of rotatable bonds is 5. The van der Waals surface area contributed by atoms with Crippen LogP contribution in [0.4, 0.5) is 5.69 Å². The number of nitrogens with zero attached hydrogens (tertiary/aromatic N) is 5. The van der Waals surface area contributed by atoms with Gasteiger partial charge in [-0.25, -0.2) is 9.67 Å². The largest absolute Gasteiger partial charge is 0.496 e. The second-order valence-electron chi connectivity index (χ2n) is 5.62. The Morgan fingerprint density at radius 3 is 2.56 bits per heavy atom. The van der Waals surface area contributed by atoms with E-state index in [1.54, 1.807) is 36.4 Å². The monoisotopic (exact) mass is 339 g/mol. The lowest BCUT2D eigenvalue weighted by molar-refractivity contribution is -0.384. The van der Waals surface area contributed by atoms with Gasteiger partial charge in [-0.2, -0.15) is 5.10 Å². The maximum Gasteiger partial charge on any atom is 0.269 e. The van der Waals surface area contributed by atoms with Crippen LogP contribution in [0.3, 0.4) is 0 Å². The number of ether oxygens (including phenoxy) is 1. The predicted molar refractivity (Wildman–Crippen MR) is 91.5 cm³/mol. The van der Waals surface area contributed by atoms with E-state index in [1.807, 2.05) is 13.8 Å². The highest BCUT2D eigenvalue weighted by atomic mass is 16.6. The molecule has 128 valence electrons. The van der Waals surface area contributed by atoms with Gasteiger partial charge >= 0.3 is 0 Å². The third kappa shape index (κ3) is 3.32. The van der Waals surface area contributed by atoms with Crippen LogP contribution in [0.2, 0.25) is 0 Å². The van der Waals surface area contributed by atoms with Crippen molar-refractivity contribution < 1.29 is 9.66 Å². The van der Waals surface area contributed by atoms with Gasteiger partial charge in [0.05, 0.1) is 24.3 Å². The third-order valence-electron chi connectivity index (χ3n) is 3.93. The standard InChI is InChI=1S/C17H17N5O3/c1-11-8-18-15(12(2)16(11)25-3)9-21-10-19-17(20-21)13-4-6-14(7-5-13)22(23)24/h4-8,10H,9H2,1-3H3. The number of nitro groups is 1. The summed E-state index contributed by atoms with van der Waals surface area (Å²) in [4.78, 5) is 19.0. The number of aryl methyl sites for hydroxylation is 1. The Labute approximate surface area is 144 Å². The summed E-state index contributed by atoms with van der Waals surface area (Å²) in [6, 6.07) is 6.14. The summed E-state index contributed by atoms with van der Waals surface area (Å²) >= 11 is 0. The number of nitro benzene ring substituents is 1. The molecule has 0 bridgehead atoms. The molecule has 0 atom stereocenters. The second kappa shape index (κ2) is 6.68. The molecule has 0 saturated carbocycles. The molecule has 0 unspecified atom stereocenters. The number of aromatic nitrogens is 4. The highest BCUT2D eigenvalue weighted by Crippen LogP contribution is 2.24. The summed E-state index contributed by atoms with van der Waals surface area (Å²) in [5.74, 6) is 1.33. The van der Waals surface area contributed by atoms with E-state index in [0.29, 0.717) is 12.4 Å². The van der Waals surface area contributed by atoms with Gasteiger partial charge < -0.3 is 4.74 Å². The molecule has 0 aliphatic heterocycles. The first-order valence-corrected chi connectivity index (χ1v) is 7.63. The van der Waals surface area contributed by atoms with Gasteiger partial charge in [-0.05, 0) is 26.0 Å². The lowest BCUT2D eigenvalue weighted by atomic mass is 10.1. The predicted octanol–water partition coefficient (Wildman–Crippen LogP) is 2.92. The Bertz CT molecular complexity index is 919. The summed E-state index contributed by atoms with van der Waals surface area (Å²) in [7, 11) is 1.64. The number of non-ortho nitro benzene ring substituents is 1. The Morgan fingerprint density at radius 2 is 1.92 bits per heavy atom. The van der Waals surface area contributed by atoms with Gasteiger partial charge in [0, 0.05) is 35.0 Å². The molecule has 8 heteroatoms. The molecule has 3 rings (SSSR count). The lowest BCUT2D eigenvalue weighted by Crippen LogP contribution is -2.06. The van der Waals surface area contributed by atoms with Crippen molar-refractivity contribution in [2.75, 3.05) is 7.11 Å². The Kier molecular flexibility index (Phi) is 4.42. The van der Waals surface area contributed by atoms with E-state index < -0.39 is 4.92 Å². The number of methoxy groups -OCH3 is 1. The van der Waals surface area contributed by atoms with Crippen molar-refractivity contribution in [1.29, 1.82) is 0 Å². The first-order chi connectivity index (χ1) is 12.0. The molecule has 0 radical (unpaired) electrons. The average Bonchev–Trinajstić information content (AvgIpc) is 3.06. The average molecular weight is 339 g/mol. The van der Waals surface area contributed by atoms with Crippen LogP contribution in [-0.4, -0.2) is 31.8 Å². The van der Waals surface area contributed by atoms with Gasteiger partial charge in [-0.15, -0.1) is 0 Å². The summed E-state index contributed by atoms with van der Waals surface area (Å²) < 4.78 is 7.10. The smallest absolute Gasteiger partial charge is 0.269 e. The molecule has 2 heterocycles. The Morgan fingerprint density at radius 1 is 1.20 bits per heavy atom. The van der Waals surface area contributed by atoms with Crippen molar-refractivity contribution in [3.63, 3.8) is 0 Å². The molecule has 0 aliphatic rings. The zero-order valence-electron chi connectivity index (χ0n) is 14.1. The number of hydrogen-bond donors (Lipinski definition) is 0. The molecule has 0 spiro atoms. The zero-order valence-corrected chi connectivity index (χ0v) is 14.1. The minimum atomic E-state index is -0.435. The summed E-state index contributed by atoms with van der Waals surface area (Å²) in [5.41, 5.74) is 3.55. The van der Waals surface area contributed by atoms with Crippen molar-refractivity contribution in [2.24, 2.45) is 0 Å². The maximum atomic E-state index is 10.7. The van der Waals surface area contributed by atoms with E-state index in [-0.39, 0.29) is 5.69 Å². The van der Waals surface area contributed by atoms with Crippen LogP contribution >= 0.6 is 0 Å². The molecule has 0 fully saturated rings. The third-order valence-corrected chi connectivity index (χ3v) is 3.93. The summed E-state index contributed by atoms with van der Waals surface area (Å²) in [5, 5.41) is 15.1. The van der Waals surface area contributed by atoms with Gasteiger partial charge in [-0.1, -0.05) is 0 Å². The van der Waals surface area contributed by atoms with E-state index in [4.69, 9.17) is 4.74 Å².